The van der Waals surface area contributed by atoms with E-state index in [0.29, 0.717) is 5.78 Å². The molecule has 3 aromatic rings. The highest BCUT2D eigenvalue weighted by Crippen LogP contribution is 2.43. The van der Waals surface area contributed by atoms with Gasteiger partial charge in [-0.15, -0.1) is 0 Å². The molecule has 2 aliphatic rings. The normalized spacial score (nSPS) is 17.9. The molecule has 0 saturated heterocycles. The number of Topliss-reactive ketones (excluding diaryl/α,β-unsaturated/α-hetero) is 1. The molecule has 0 bridgehead atoms. The summed E-state index contributed by atoms with van der Waals surface area (Å²) in [7, 11) is 0. The molecule has 0 spiro atoms. The molecule has 1 saturated carbocycles. The highest BCUT2D eigenvalue weighted by atomic mass is 16.1. The van der Waals surface area contributed by atoms with Gasteiger partial charge in [-0.2, -0.15) is 0 Å². The van der Waals surface area contributed by atoms with Crippen LogP contribution in [0.1, 0.15) is 52.0 Å². The summed E-state index contributed by atoms with van der Waals surface area (Å²) in [6, 6.07) is 21.4. The second kappa shape index (κ2) is 6.38. The van der Waals surface area contributed by atoms with Gasteiger partial charge in [0.05, 0.1) is 5.69 Å². The summed E-state index contributed by atoms with van der Waals surface area (Å²) in [5.74, 6) is 0.509. The van der Waals surface area contributed by atoms with Crippen molar-refractivity contribution in [3.63, 3.8) is 0 Å². The molecule has 2 heteroatoms. The van der Waals surface area contributed by atoms with E-state index >= 15 is 0 Å². The molecule has 2 aliphatic carbocycles. The number of hydrogen-bond donors (Lipinski definition) is 1. The first-order chi connectivity index (χ1) is 13.3. The molecule has 1 N–H and O–H groups in total. The minimum atomic E-state index is -0.200. The van der Waals surface area contributed by atoms with Gasteiger partial charge < -0.3 is 4.98 Å². The van der Waals surface area contributed by atoms with Crippen molar-refractivity contribution >= 4 is 11.9 Å². The first kappa shape index (κ1) is 16.3. The van der Waals surface area contributed by atoms with E-state index in [1.54, 1.807) is 0 Å². The van der Waals surface area contributed by atoms with Crippen molar-refractivity contribution in [3.8, 4) is 0 Å². The number of allylic oxidation sites excluding steroid dienone is 1. The summed E-state index contributed by atoms with van der Waals surface area (Å²) >= 11 is 0. The minimum Gasteiger partial charge on any atom is -0.358 e. The van der Waals surface area contributed by atoms with Crippen molar-refractivity contribution in [1.29, 1.82) is 0 Å². The molecule has 2 aromatic carbocycles. The van der Waals surface area contributed by atoms with Crippen molar-refractivity contribution in [1.82, 2.24) is 4.98 Å². The molecule has 0 atom stereocenters. The molecule has 1 heterocycles. The first-order valence-corrected chi connectivity index (χ1v) is 9.83. The molecule has 1 fully saturated rings. The molecule has 0 radical (unpaired) electrons. The van der Waals surface area contributed by atoms with E-state index in [1.165, 1.54) is 23.1 Å². The molecule has 134 valence electrons. The number of carbonyl (C=O) groups is 1. The summed E-state index contributed by atoms with van der Waals surface area (Å²) in [6.07, 6.45) is 10.6. The molecule has 1 aromatic heterocycles. The standard InChI is InChI=1S/C25H23NO/c27-24(18-8-7-9-18)23-22-14-15-25(16-19(22)17-26-23,20-10-3-1-4-11-20)21-12-5-2-6-13-21/h1-6,10-15,17-18,26H,7-9,16H2. The number of carbonyl (C=O) groups excluding carboxylic acids is 1. The quantitative estimate of drug-likeness (QED) is 0.613. The van der Waals surface area contributed by atoms with Gasteiger partial charge in [0.2, 0.25) is 0 Å². The predicted octanol–water partition coefficient (Wildman–Crippen LogP) is 5.55. The van der Waals surface area contributed by atoms with Crippen LogP contribution >= 0.6 is 0 Å². The molecule has 5 rings (SSSR count). The third kappa shape index (κ3) is 2.59. The van der Waals surface area contributed by atoms with Gasteiger partial charge in [0.25, 0.3) is 0 Å². The van der Waals surface area contributed by atoms with Crippen molar-refractivity contribution in [2.24, 2.45) is 5.92 Å². The van der Waals surface area contributed by atoms with Gasteiger partial charge in [-0.25, -0.2) is 0 Å². The summed E-state index contributed by atoms with van der Waals surface area (Å²) in [6.45, 7) is 0. The molecule has 0 aliphatic heterocycles. The van der Waals surface area contributed by atoms with Crippen molar-refractivity contribution in [2.75, 3.05) is 0 Å². The molecule has 2 nitrogen and oxygen atoms in total. The minimum absolute atomic E-state index is 0.200. The monoisotopic (exact) mass is 353 g/mol. The van der Waals surface area contributed by atoms with Gasteiger partial charge in [-0.3, -0.25) is 4.79 Å². The van der Waals surface area contributed by atoms with Crippen molar-refractivity contribution in [3.05, 3.63) is 101 Å². The number of aromatic amines is 1. The van der Waals surface area contributed by atoms with Gasteiger partial charge >= 0.3 is 0 Å². The largest absolute Gasteiger partial charge is 0.358 e. The second-order valence-corrected chi connectivity index (χ2v) is 7.81. The third-order valence-corrected chi connectivity index (χ3v) is 6.31. The van der Waals surface area contributed by atoms with E-state index in [0.717, 1.165) is 30.5 Å². The summed E-state index contributed by atoms with van der Waals surface area (Å²) < 4.78 is 0. The Bertz CT molecular complexity index is 954. The fourth-order valence-electron chi connectivity index (χ4n) is 4.51. The molecular formula is C25H23NO. The molecular weight excluding hydrogens is 330 g/mol. The van der Waals surface area contributed by atoms with E-state index in [-0.39, 0.29) is 11.3 Å². The highest BCUT2D eigenvalue weighted by Gasteiger charge is 2.37. The van der Waals surface area contributed by atoms with Crippen LogP contribution in [0, 0.1) is 5.92 Å². The van der Waals surface area contributed by atoms with Crippen LogP contribution in [0.2, 0.25) is 0 Å². The van der Waals surface area contributed by atoms with Gasteiger partial charge in [-0.1, -0.05) is 79.2 Å². The number of H-pyrrole nitrogens is 1. The Balaban J connectivity index is 1.60. The smallest absolute Gasteiger partial charge is 0.182 e. The van der Waals surface area contributed by atoms with Crippen molar-refractivity contribution < 1.29 is 4.79 Å². The lowest BCUT2D eigenvalue weighted by atomic mass is 9.67. The van der Waals surface area contributed by atoms with E-state index in [1.807, 2.05) is 6.20 Å². The first-order valence-electron chi connectivity index (χ1n) is 9.83. The number of aromatic nitrogens is 1. The van der Waals surface area contributed by atoms with Gasteiger partial charge in [0, 0.05) is 23.1 Å². The van der Waals surface area contributed by atoms with Crippen LogP contribution in [-0.2, 0) is 11.8 Å². The van der Waals surface area contributed by atoms with Crippen LogP contribution in [-0.4, -0.2) is 10.8 Å². The SMILES string of the molecule is O=C(c1[nH]cc2c1C=CC(c1ccccc1)(c1ccccc1)C2)C1CCC1. The van der Waals surface area contributed by atoms with Crippen LogP contribution in [0.15, 0.2) is 72.9 Å². The predicted molar refractivity (Wildman–Crippen MR) is 109 cm³/mol. The molecule has 0 amide bonds. The van der Waals surface area contributed by atoms with Crippen LogP contribution < -0.4 is 0 Å². The molecule has 0 unspecified atom stereocenters. The zero-order valence-electron chi connectivity index (χ0n) is 15.3. The van der Waals surface area contributed by atoms with E-state index in [9.17, 15) is 4.79 Å². The fraction of sp³-hybridized carbons (Fsp3) is 0.240. The maximum absolute atomic E-state index is 12.8. The van der Waals surface area contributed by atoms with Crippen LogP contribution in [0.3, 0.4) is 0 Å². The summed E-state index contributed by atoms with van der Waals surface area (Å²) in [5.41, 5.74) is 5.49. The Morgan fingerprint density at radius 2 is 1.56 bits per heavy atom. The van der Waals surface area contributed by atoms with Crippen LogP contribution in [0.25, 0.3) is 6.08 Å². The Morgan fingerprint density at radius 1 is 0.926 bits per heavy atom. The van der Waals surface area contributed by atoms with E-state index < -0.39 is 0 Å². The van der Waals surface area contributed by atoms with Gasteiger partial charge in [0.15, 0.2) is 5.78 Å². The number of rotatable bonds is 4. The maximum atomic E-state index is 12.8. The Labute approximate surface area is 159 Å². The van der Waals surface area contributed by atoms with Gasteiger partial charge in [-0.05, 0) is 36.0 Å². The Kier molecular flexibility index (Phi) is 3.86. The van der Waals surface area contributed by atoms with Crippen LogP contribution in [0.4, 0.5) is 0 Å². The fourth-order valence-corrected chi connectivity index (χ4v) is 4.51. The zero-order chi connectivity index (χ0) is 18.3. The lowest BCUT2D eigenvalue weighted by molar-refractivity contribution is 0.0850. The zero-order valence-corrected chi connectivity index (χ0v) is 15.3. The summed E-state index contributed by atoms with van der Waals surface area (Å²) in [4.78, 5) is 16.1. The Morgan fingerprint density at radius 3 is 2.11 bits per heavy atom. The number of ketones is 1. The van der Waals surface area contributed by atoms with Gasteiger partial charge in [0.1, 0.15) is 0 Å². The van der Waals surface area contributed by atoms with Crippen LogP contribution in [0.5, 0.6) is 0 Å². The average Bonchev–Trinajstić information content (AvgIpc) is 3.11. The Hall–Kier alpha value is -2.87. The van der Waals surface area contributed by atoms with Crippen molar-refractivity contribution in [2.45, 2.75) is 31.1 Å². The maximum Gasteiger partial charge on any atom is 0.182 e. The number of hydrogen-bond acceptors (Lipinski definition) is 1. The number of fused-ring (bicyclic) bond motifs is 1. The highest BCUT2D eigenvalue weighted by molar-refractivity contribution is 6.00. The van der Waals surface area contributed by atoms with E-state index in [4.69, 9.17) is 0 Å². The number of nitrogens with one attached hydrogen (secondary N) is 1. The third-order valence-electron chi connectivity index (χ3n) is 6.31. The lowest BCUT2D eigenvalue weighted by Gasteiger charge is -2.35. The second-order valence-electron chi connectivity index (χ2n) is 7.81. The topological polar surface area (TPSA) is 32.9 Å². The average molecular weight is 353 g/mol. The summed E-state index contributed by atoms with van der Waals surface area (Å²) in [5, 5.41) is 0. The van der Waals surface area contributed by atoms with E-state index in [2.05, 4.69) is 77.8 Å². The number of benzene rings is 2. The molecule has 27 heavy (non-hydrogen) atoms. The lowest BCUT2D eigenvalue weighted by Crippen LogP contribution is -2.30.